The van der Waals surface area contributed by atoms with Crippen LogP contribution in [0.5, 0.6) is 0 Å². The molecule has 3 unspecified atom stereocenters. The van der Waals surface area contributed by atoms with E-state index in [2.05, 4.69) is 55.6 Å². The molecule has 0 bridgehead atoms. The van der Waals surface area contributed by atoms with E-state index >= 15 is 0 Å². The zero-order valence-corrected chi connectivity index (χ0v) is 46.5. The van der Waals surface area contributed by atoms with E-state index in [4.69, 9.17) is 9.05 Å². The molecule has 3 atom stereocenters. The van der Waals surface area contributed by atoms with Gasteiger partial charge in [0.1, 0.15) is 13.2 Å². The van der Waals surface area contributed by atoms with Crippen molar-refractivity contribution in [1.29, 1.82) is 0 Å². The number of amides is 1. The average Bonchev–Trinajstić information content (AvgIpc) is 3.30. The van der Waals surface area contributed by atoms with Gasteiger partial charge in [-0.15, -0.1) is 0 Å². The van der Waals surface area contributed by atoms with Crippen molar-refractivity contribution < 1.29 is 32.9 Å². The highest BCUT2D eigenvalue weighted by Gasteiger charge is 2.27. The second kappa shape index (κ2) is 50.4. The standard InChI is InChI=1S/C59H113N2O6P/c1-6-8-10-12-14-16-18-20-22-24-25-26-27-28-29-30-31-32-33-34-35-36-37-38-40-42-44-46-48-50-52-58(62)57(56-67-68(64,65)66-55-54-61(3,4)5)60-59(63)53-51-49-47-45-43-41-39-23-21-19-17-15-13-11-9-7-2/h23,36-37,39,42,44,50,52,57-58,62H,6-22,24-35,38,40-41,43,45-49,51,53-56H2,1-5H3,(H-,60,63,64,65)/p+1/b37-36+,39-23-,44-42+,52-50+. The predicted molar refractivity (Wildman–Crippen MR) is 295 cm³/mol. The molecule has 0 aliphatic rings. The van der Waals surface area contributed by atoms with Crippen LogP contribution in [0.3, 0.4) is 0 Å². The van der Waals surface area contributed by atoms with Gasteiger partial charge >= 0.3 is 7.82 Å². The van der Waals surface area contributed by atoms with E-state index in [0.29, 0.717) is 17.4 Å². The van der Waals surface area contributed by atoms with Gasteiger partial charge in [-0.3, -0.25) is 13.8 Å². The molecule has 0 saturated carbocycles. The summed E-state index contributed by atoms with van der Waals surface area (Å²) in [6.07, 6.45) is 66.6. The second-order valence-corrected chi connectivity index (χ2v) is 22.4. The minimum atomic E-state index is -4.36. The molecular weight excluding hydrogens is 864 g/mol. The molecule has 0 heterocycles. The summed E-state index contributed by atoms with van der Waals surface area (Å²) in [5, 5.41) is 13.9. The Kier molecular flexibility index (Phi) is 49.3. The van der Waals surface area contributed by atoms with E-state index in [1.807, 2.05) is 27.2 Å². The van der Waals surface area contributed by atoms with E-state index in [9.17, 15) is 19.4 Å². The summed E-state index contributed by atoms with van der Waals surface area (Å²) in [7, 11) is 1.54. The lowest BCUT2D eigenvalue weighted by molar-refractivity contribution is -0.870. The minimum Gasteiger partial charge on any atom is -0.387 e. The van der Waals surface area contributed by atoms with Crippen molar-refractivity contribution in [3.63, 3.8) is 0 Å². The van der Waals surface area contributed by atoms with Crippen LogP contribution in [0.15, 0.2) is 48.6 Å². The third kappa shape index (κ3) is 52.3. The van der Waals surface area contributed by atoms with Gasteiger partial charge in [0.15, 0.2) is 0 Å². The first-order valence-electron chi connectivity index (χ1n) is 29.0. The molecule has 0 aliphatic heterocycles. The van der Waals surface area contributed by atoms with Gasteiger partial charge in [-0.2, -0.15) is 0 Å². The summed E-state index contributed by atoms with van der Waals surface area (Å²) in [6, 6.07) is -0.875. The number of quaternary nitrogens is 1. The van der Waals surface area contributed by atoms with Gasteiger partial charge in [-0.25, -0.2) is 4.57 Å². The van der Waals surface area contributed by atoms with Gasteiger partial charge in [-0.1, -0.05) is 242 Å². The Bertz CT molecular complexity index is 1250. The maximum atomic E-state index is 12.9. The van der Waals surface area contributed by atoms with Crippen molar-refractivity contribution >= 4 is 13.7 Å². The normalized spacial score (nSPS) is 14.3. The number of likely N-dealkylation sites (N-methyl/N-ethyl adjacent to an activating group) is 1. The molecule has 9 heteroatoms. The molecule has 1 amide bonds. The van der Waals surface area contributed by atoms with E-state index in [1.165, 1.54) is 193 Å². The highest BCUT2D eigenvalue weighted by Crippen LogP contribution is 2.43. The third-order valence-corrected chi connectivity index (χ3v) is 14.0. The number of carbonyl (C=O) groups is 1. The molecule has 0 aliphatic carbocycles. The lowest BCUT2D eigenvalue weighted by Gasteiger charge is -2.25. The molecule has 3 N–H and O–H groups in total. The van der Waals surface area contributed by atoms with E-state index in [1.54, 1.807) is 6.08 Å². The van der Waals surface area contributed by atoms with Crippen LogP contribution in [0.4, 0.5) is 0 Å². The fraction of sp³-hybridized carbons (Fsp3) is 0.847. The van der Waals surface area contributed by atoms with Crippen molar-refractivity contribution in [2.75, 3.05) is 40.9 Å². The Hall–Kier alpha value is -1.54. The first kappa shape index (κ1) is 66.5. The Morgan fingerprint density at radius 1 is 0.485 bits per heavy atom. The largest absolute Gasteiger partial charge is 0.472 e. The molecule has 0 aromatic carbocycles. The summed E-state index contributed by atoms with van der Waals surface area (Å²) in [6.45, 7) is 4.80. The molecule has 0 fully saturated rings. The molecule has 0 radical (unpaired) electrons. The molecule has 8 nitrogen and oxygen atoms in total. The molecule has 68 heavy (non-hydrogen) atoms. The van der Waals surface area contributed by atoms with Gasteiger partial charge in [0.25, 0.3) is 0 Å². The molecule has 400 valence electrons. The van der Waals surface area contributed by atoms with Crippen molar-refractivity contribution in [2.45, 2.75) is 283 Å². The number of hydrogen-bond donors (Lipinski definition) is 3. The van der Waals surface area contributed by atoms with Crippen molar-refractivity contribution in [2.24, 2.45) is 0 Å². The SMILES string of the molecule is CCCCCCCCC/C=C\CCCCCCCC(=O)NC(COP(=O)(O)OCC[N+](C)(C)C)C(O)/C=C/CC/C=C/CC/C=C/CCCCCCCCCCCCCCCCCCCCCC. The maximum Gasteiger partial charge on any atom is 0.472 e. The Labute approximate surface area is 422 Å². The summed E-state index contributed by atoms with van der Waals surface area (Å²) in [5.74, 6) is -0.198. The molecule has 0 aromatic heterocycles. The predicted octanol–water partition coefficient (Wildman–Crippen LogP) is 17.5. The Balaban J connectivity index is 4.23. The quantitative estimate of drug-likeness (QED) is 0.0243. The molecular formula is C59H114N2O6P+. The van der Waals surface area contributed by atoms with Crippen LogP contribution in [0.2, 0.25) is 0 Å². The van der Waals surface area contributed by atoms with Crippen LogP contribution in [-0.4, -0.2) is 73.4 Å². The summed E-state index contributed by atoms with van der Waals surface area (Å²) in [5.41, 5.74) is 0. The molecule has 0 rings (SSSR count). The van der Waals surface area contributed by atoms with Gasteiger partial charge in [0, 0.05) is 6.42 Å². The average molecular weight is 979 g/mol. The van der Waals surface area contributed by atoms with Gasteiger partial charge in [0.2, 0.25) is 5.91 Å². The smallest absolute Gasteiger partial charge is 0.387 e. The number of aliphatic hydroxyl groups is 1. The number of unbranched alkanes of at least 4 members (excludes halogenated alkanes) is 34. The van der Waals surface area contributed by atoms with Crippen LogP contribution in [0.1, 0.15) is 271 Å². The Morgan fingerprint density at radius 2 is 0.809 bits per heavy atom. The number of phosphoric acid groups is 1. The first-order valence-corrected chi connectivity index (χ1v) is 30.5. The zero-order chi connectivity index (χ0) is 49.9. The zero-order valence-electron chi connectivity index (χ0n) is 45.6. The number of allylic oxidation sites excluding steroid dienone is 7. The number of phosphoric ester groups is 1. The van der Waals surface area contributed by atoms with Gasteiger partial charge in [-0.05, 0) is 70.6 Å². The number of aliphatic hydroxyl groups excluding tert-OH is 1. The van der Waals surface area contributed by atoms with E-state index in [-0.39, 0.29) is 19.1 Å². The van der Waals surface area contributed by atoms with E-state index < -0.39 is 20.0 Å². The molecule has 0 aromatic rings. The van der Waals surface area contributed by atoms with Crippen molar-refractivity contribution in [3.8, 4) is 0 Å². The Morgan fingerprint density at radius 3 is 1.18 bits per heavy atom. The van der Waals surface area contributed by atoms with Crippen molar-refractivity contribution in [1.82, 2.24) is 5.32 Å². The summed E-state index contributed by atoms with van der Waals surface area (Å²) < 4.78 is 23.7. The number of rotatable bonds is 53. The highest BCUT2D eigenvalue weighted by atomic mass is 31.2. The van der Waals surface area contributed by atoms with Crippen LogP contribution in [-0.2, 0) is 18.4 Å². The minimum absolute atomic E-state index is 0.0514. The number of nitrogens with zero attached hydrogens (tertiary/aromatic N) is 1. The van der Waals surface area contributed by atoms with E-state index in [0.717, 1.165) is 57.8 Å². The summed E-state index contributed by atoms with van der Waals surface area (Å²) in [4.78, 5) is 23.2. The topological polar surface area (TPSA) is 105 Å². The first-order chi connectivity index (χ1) is 33.0. The highest BCUT2D eigenvalue weighted by molar-refractivity contribution is 7.47. The lowest BCUT2D eigenvalue weighted by Crippen LogP contribution is -2.45. The molecule has 0 saturated heterocycles. The fourth-order valence-corrected chi connectivity index (χ4v) is 9.16. The monoisotopic (exact) mass is 978 g/mol. The van der Waals surface area contributed by atoms with Gasteiger partial charge in [0.05, 0.1) is 39.9 Å². The number of nitrogens with one attached hydrogen (secondary N) is 1. The maximum absolute atomic E-state index is 12.9. The number of hydrogen-bond acceptors (Lipinski definition) is 5. The molecule has 0 spiro atoms. The summed E-state index contributed by atoms with van der Waals surface area (Å²) >= 11 is 0. The fourth-order valence-electron chi connectivity index (χ4n) is 8.42. The third-order valence-electron chi connectivity index (χ3n) is 13.0. The van der Waals surface area contributed by atoms with Crippen LogP contribution >= 0.6 is 7.82 Å². The van der Waals surface area contributed by atoms with Gasteiger partial charge < -0.3 is 19.8 Å². The van der Waals surface area contributed by atoms with Crippen LogP contribution in [0.25, 0.3) is 0 Å². The van der Waals surface area contributed by atoms with Crippen LogP contribution in [0, 0.1) is 0 Å². The lowest BCUT2D eigenvalue weighted by atomic mass is 10.0. The number of carbonyl (C=O) groups excluding carboxylic acids is 1. The van der Waals surface area contributed by atoms with Crippen LogP contribution < -0.4 is 5.32 Å². The van der Waals surface area contributed by atoms with Crippen molar-refractivity contribution in [3.05, 3.63) is 48.6 Å². The second-order valence-electron chi connectivity index (χ2n) is 21.0.